The van der Waals surface area contributed by atoms with Crippen LogP contribution in [0.3, 0.4) is 0 Å². The van der Waals surface area contributed by atoms with Crippen molar-refractivity contribution in [2.45, 2.75) is 26.8 Å². The highest BCUT2D eigenvalue weighted by atomic mass is 32.1. The summed E-state index contributed by atoms with van der Waals surface area (Å²) in [4.78, 5) is 17.8. The number of ether oxygens (including phenoxy) is 1. The summed E-state index contributed by atoms with van der Waals surface area (Å²) >= 11 is 1.58. The summed E-state index contributed by atoms with van der Waals surface area (Å²) in [7, 11) is 0. The van der Waals surface area contributed by atoms with E-state index in [0.717, 1.165) is 21.8 Å². The number of carbonyl (C=O) groups excluding carboxylic acids is 1. The fourth-order valence-corrected chi connectivity index (χ4v) is 4.19. The number of aryl methyl sites for hydroxylation is 1. The second-order valence-corrected chi connectivity index (χ2v) is 8.32. The Hall–Kier alpha value is -3.58. The van der Waals surface area contributed by atoms with Gasteiger partial charge in [0.25, 0.3) is 0 Å². The van der Waals surface area contributed by atoms with E-state index in [1.165, 1.54) is 0 Å². The van der Waals surface area contributed by atoms with Gasteiger partial charge in [-0.05, 0) is 26.3 Å². The van der Waals surface area contributed by atoms with Crippen molar-refractivity contribution in [2.75, 3.05) is 11.9 Å². The quantitative estimate of drug-likeness (QED) is 0.356. The second kappa shape index (κ2) is 9.70. The minimum atomic E-state index is -0.442. The predicted octanol–water partition coefficient (Wildman–Crippen LogP) is 5.93. The Bertz CT molecular complexity index is 1210. The van der Waals surface area contributed by atoms with Crippen LogP contribution in [0.4, 0.5) is 5.82 Å². The first-order chi connectivity index (χ1) is 15.6. The molecule has 7 heteroatoms. The first kappa shape index (κ1) is 21.6. The highest BCUT2D eigenvalue weighted by molar-refractivity contribution is 7.09. The fraction of sp³-hybridized carbons (Fsp3) is 0.200. The molecule has 2 aromatic heterocycles. The van der Waals surface area contributed by atoms with Gasteiger partial charge in [-0.1, -0.05) is 60.7 Å². The van der Waals surface area contributed by atoms with E-state index in [9.17, 15) is 4.79 Å². The van der Waals surface area contributed by atoms with Gasteiger partial charge in [0, 0.05) is 16.5 Å². The van der Waals surface area contributed by atoms with Crippen LogP contribution >= 0.6 is 11.3 Å². The lowest BCUT2D eigenvalue weighted by atomic mass is 9.95. The van der Waals surface area contributed by atoms with Crippen LogP contribution < -0.4 is 5.32 Å². The molecular formula is C25H24N4O2S. The third-order valence-corrected chi connectivity index (χ3v) is 5.79. The number of nitrogens with zero attached hydrogens (tertiary/aromatic N) is 3. The van der Waals surface area contributed by atoms with E-state index in [2.05, 4.69) is 20.5 Å². The Morgan fingerprint density at radius 2 is 1.69 bits per heavy atom. The lowest BCUT2D eigenvalue weighted by molar-refractivity contribution is 0.0528. The maximum absolute atomic E-state index is 13.2. The largest absolute Gasteiger partial charge is 0.462 e. The Morgan fingerprint density at radius 1 is 1.03 bits per heavy atom. The van der Waals surface area contributed by atoms with Gasteiger partial charge < -0.3 is 10.1 Å². The van der Waals surface area contributed by atoms with Crippen molar-refractivity contribution in [3.05, 3.63) is 82.3 Å². The molecule has 0 radical (unpaired) electrons. The van der Waals surface area contributed by atoms with Crippen LogP contribution in [0.2, 0.25) is 0 Å². The van der Waals surface area contributed by atoms with E-state index in [1.54, 1.807) is 18.3 Å². The van der Waals surface area contributed by atoms with Crippen molar-refractivity contribution in [1.82, 2.24) is 15.2 Å². The SMILES string of the molecule is CCOC(=O)c1c(NC(C)c2csc(C)n2)nnc(-c2ccccc2)c1-c1ccccc1. The van der Waals surface area contributed by atoms with Crippen molar-refractivity contribution in [2.24, 2.45) is 0 Å². The first-order valence-corrected chi connectivity index (χ1v) is 11.3. The van der Waals surface area contributed by atoms with Gasteiger partial charge >= 0.3 is 5.97 Å². The van der Waals surface area contributed by atoms with Crippen molar-refractivity contribution in [3.63, 3.8) is 0 Å². The summed E-state index contributed by atoms with van der Waals surface area (Å²) in [6.07, 6.45) is 0. The highest BCUT2D eigenvalue weighted by Gasteiger charge is 2.26. The molecule has 6 nitrogen and oxygen atoms in total. The molecule has 4 rings (SSSR count). The molecule has 2 heterocycles. The van der Waals surface area contributed by atoms with Crippen molar-refractivity contribution in [1.29, 1.82) is 0 Å². The van der Waals surface area contributed by atoms with Gasteiger partial charge in [-0.2, -0.15) is 0 Å². The fourth-order valence-electron chi connectivity index (χ4n) is 3.48. The number of rotatable bonds is 7. The Labute approximate surface area is 191 Å². The summed E-state index contributed by atoms with van der Waals surface area (Å²) in [5.74, 6) is -0.0669. The maximum Gasteiger partial charge on any atom is 0.342 e. The molecule has 4 aromatic rings. The van der Waals surface area contributed by atoms with Gasteiger partial charge in [0.05, 0.1) is 23.4 Å². The molecule has 0 bridgehead atoms. The zero-order valence-corrected chi connectivity index (χ0v) is 19.0. The Morgan fingerprint density at radius 3 is 2.28 bits per heavy atom. The van der Waals surface area contributed by atoms with Crippen LogP contribution in [0.25, 0.3) is 22.4 Å². The summed E-state index contributed by atoms with van der Waals surface area (Å²) < 4.78 is 5.45. The molecule has 0 saturated carbocycles. The number of esters is 1. The zero-order valence-electron chi connectivity index (χ0n) is 18.2. The third-order valence-electron chi connectivity index (χ3n) is 5.00. The van der Waals surface area contributed by atoms with Crippen molar-refractivity contribution in [3.8, 4) is 22.4 Å². The molecule has 32 heavy (non-hydrogen) atoms. The van der Waals surface area contributed by atoms with Gasteiger partial charge in [0.2, 0.25) is 0 Å². The molecule has 1 atom stereocenters. The minimum absolute atomic E-state index is 0.159. The van der Waals surface area contributed by atoms with Gasteiger partial charge in [-0.25, -0.2) is 9.78 Å². The van der Waals surface area contributed by atoms with E-state index < -0.39 is 5.97 Å². The van der Waals surface area contributed by atoms with Crippen LogP contribution in [0, 0.1) is 6.92 Å². The normalized spacial score (nSPS) is 11.7. The van der Waals surface area contributed by atoms with E-state index >= 15 is 0 Å². The minimum Gasteiger partial charge on any atom is -0.462 e. The van der Waals surface area contributed by atoms with Crippen LogP contribution in [0.5, 0.6) is 0 Å². The maximum atomic E-state index is 13.2. The molecular weight excluding hydrogens is 420 g/mol. The molecule has 0 amide bonds. The van der Waals surface area contributed by atoms with Crippen molar-refractivity contribution < 1.29 is 9.53 Å². The van der Waals surface area contributed by atoms with Crippen LogP contribution in [0.15, 0.2) is 66.0 Å². The standard InChI is InChI=1S/C25H24N4O2S/c1-4-31-25(30)22-21(18-11-7-5-8-12-18)23(19-13-9-6-10-14-19)28-29-24(22)26-16(2)20-15-32-17(3)27-20/h5-16H,4H2,1-3H3,(H,26,29). The van der Waals surface area contributed by atoms with E-state index in [4.69, 9.17) is 4.74 Å². The lowest BCUT2D eigenvalue weighted by Gasteiger charge is -2.19. The molecule has 0 spiro atoms. The van der Waals surface area contributed by atoms with Gasteiger partial charge in [-0.15, -0.1) is 21.5 Å². The molecule has 0 aliphatic rings. The van der Waals surface area contributed by atoms with Crippen molar-refractivity contribution >= 4 is 23.1 Å². The predicted molar refractivity (Wildman–Crippen MR) is 128 cm³/mol. The Kier molecular flexibility index (Phi) is 6.56. The molecule has 2 aromatic carbocycles. The lowest BCUT2D eigenvalue weighted by Crippen LogP contribution is -2.17. The number of aromatic nitrogens is 3. The average Bonchev–Trinajstić information content (AvgIpc) is 3.26. The first-order valence-electron chi connectivity index (χ1n) is 10.5. The number of carbonyl (C=O) groups is 1. The third kappa shape index (κ3) is 4.53. The second-order valence-electron chi connectivity index (χ2n) is 7.26. The van der Waals surface area contributed by atoms with Gasteiger partial charge in [0.1, 0.15) is 11.3 Å². The Balaban J connectivity index is 1.91. The number of anilines is 1. The summed E-state index contributed by atoms with van der Waals surface area (Å²) in [5, 5.41) is 15.3. The molecule has 0 saturated heterocycles. The summed E-state index contributed by atoms with van der Waals surface area (Å²) in [6.45, 7) is 6.00. The number of benzene rings is 2. The van der Waals surface area contributed by atoms with E-state index in [1.807, 2.05) is 79.9 Å². The number of thiazole rings is 1. The molecule has 1 N–H and O–H groups in total. The topological polar surface area (TPSA) is 77.0 Å². The molecule has 1 unspecified atom stereocenters. The van der Waals surface area contributed by atoms with Crippen LogP contribution in [-0.4, -0.2) is 27.8 Å². The molecule has 0 aliphatic heterocycles. The summed E-state index contributed by atoms with van der Waals surface area (Å²) in [5.41, 5.74) is 4.31. The van der Waals surface area contributed by atoms with Gasteiger partial charge in [0.15, 0.2) is 5.82 Å². The monoisotopic (exact) mass is 444 g/mol. The van der Waals surface area contributed by atoms with Crippen LogP contribution in [-0.2, 0) is 4.74 Å². The number of hydrogen-bond donors (Lipinski definition) is 1. The average molecular weight is 445 g/mol. The van der Waals surface area contributed by atoms with E-state index in [0.29, 0.717) is 22.6 Å². The van der Waals surface area contributed by atoms with E-state index in [-0.39, 0.29) is 12.6 Å². The van der Waals surface area contributed by atoms with Gasteiger partial charge in [-0.3, -0.25) is 0 Å². The molecule has 0 fully saturated rings. The molecule has 162 valence electrons. The highest BCUT2D eigenvalue weighted by Crippen LogP contribution is 2.37. The smallest absolute Gasteiger partial charge is 0.342 e. The zero-order chi connectivity index (χ0) is 22.5. The van der Waals surface area contributed by atoms with Crippen LogP contribution in [0.1, 0.15) is 40.9 Å². The number of nitrogens with one attached hydrogen (secondary N) is 1. The molecule has 0 aliphatic carbocycles. The number of hydrogen-bond acceptors (Lipinski definition) is 7. The summed E-state index contributed by atoms with van der Waals surface area (Å²) in [6, 6.07) is 19.3.